The number of rotatable bonds is 8. The zero-order chi connectivity index (χ0) is 15.1. The summed E-state index contributed by atoms with van der Waals surface area (Å²) in [4.78, 5) is 6.58. The second-order valence-electron chi connectivity index (χ2n) is 4.78. The summed E-state index contributed by atoms with van der Waals surface area (Å²) in [6.45, 7) is 3.20. The Bertz CT molecular complexity index is 548. The average Bonchev–Trinajstić information content (AvgIpc) is 2.96. The molecule has 0 saturated heterocycles. The number of ether oxygens (including phenoxy) is 1. The number of nitrogens with one attached hydrogen (secondary N) is 1. The van der Waals surface area contributed by atoms with Crippen molar-refractivity contribution >= 4 is 33.0 Å². The Balaban J connectivity index is 2.06. The lowest BCUT2D eigenvalue weighted by Crippen LogP contribution is -2.22. The molecule has 0 fully saturated rings. The first kappa shape index (κ1) is 16.4. The van der Waals surface area contributed by atoms with Crippen LogP contribution in [0.1, 0.15) is 11.3 Å². The summed E-state index contributed by atoms with van der Waals surface area (Å²) in [7, 11) is 3.81. The normalized spacial score (nSPS) is 10.8. The molecule has 0 aliphatic rings. The molecule has 0 unspecified atom stereocenters. The van der Waals surface area contributed by atoms with Crippen molar-refractivity contribution in [3.8, 4) is 0 Å². The molecule has 0 aliphatic heterocycles. The average molecular weight is 370 g/mol. The van der Waals surface area contributed by atoms with Gasteiger partial charge in [0.1, 0.15) is 0 Å². The van der Waals surface area contributed by atoms with Crippen molar-refractivity contribution in [2.24, 2.45) is 0 Å². The van der Waals surface area contributed by atoms with Crippen LogP contribution in [0.5, 0.6) is 0 Å². The largest absolute Gasteiger partial charge is 0.383 e. The SMILES string of the molecule is COCCNCc1cc(Br)ccc1N(C)Cc1cscn1. The van der Waals surface area contributed by atoms with Crippen molar-refractivity contribution in [3.05, 3.63) is 44.8 Å². The number of hydrogen-bond acceptors (Lipinski definition) is 5. The number of methoxy groups -OCH3 is 1. The van der Waals surface area contributed by atoms with Crippen LogP contribution in [-0.2, 0) is 17.8 Å². The number of nitrogens with zero attached hydrogens (tertiary/aromatic N) is 2. The predicted molar refractivity (Wildman–Crippen MR) is 91.9 cm³/mol. The third-order valence-corrected chi connectivity index (χ3v) is 4.26. The van der Waals surface area contributed by atoms with Crippen LogP contribution in [0.15, 0.2) is 33.6 Å². The van der Waals surface area contributed by atoms with E-state index in [2.05, 4.69) is 61.8 Å². The number of anilines is 1. The van der Waals surface area contributed by atoms with Crippen molar-refractivity contribution in [2.45, 2.75) is 13.1 Å². The van der Waals surface area contributed by atoms with Crippen molar-refractivity contribution < 1.29 is 4.74 Å². The summed E-state index contributed by atoms with van der Waals surface area (Å²) in [6.07, 6.45) is 0. The highest BCUT2D eigenvalue weighted by Crippen LogP contribution is 2.25. The number of hydrogen-bond donors (Lipinski definition) is 1. The van der Waals surface area contributed by atoms with Crippen LogP contribution in [0.2, 0.25) is 0 Å². The minimum absolute atomic E-state index is 0.720. The summed E-state index contributed by atoms with van der Waals surface area (Å²) < 4.78 is 6.16. The van der Waals surface area contributed by atoms with Gasteiger partial charge < -0.3 is 15.0 Å². The molecule has 0 radical (unpaired) electrons. The van der Waals surface area contributed by atoms with Gasteiger partial charge in [0.2, 0.25) is 0 Å². The fourth-order valence-corrected chi connectivity index (χ4v) is 3.07. The molecule has 6 heteroatoms. The molecule has 114 valence electrons. The van der Waals surface area contributed by atoms with Gasteiger partial charge in [0, 0.05) is 42.8 Å². The molecule has 0 spiro atoms. The van der Waals surface area contributed by atoms with Gasteiger partial charge in [0.25, 0.3) is 0 Å². The van der Waals surface area contributed by atoms with Crippen molar-refractivity contribution in [2.75, 3.05) is 32.2 Å². The Labute approximate surface area is 138 Å². The lowest BCUT2D eigenvalue weighted by molar-refractivity contribution is 0.199. The summed E-state index contributed by atoms with van der Waals surface area (Å²) in [5.41, 5.74) is 5.45. The Hall–Kier alpha value is -0.950. The molecule has 2 rings (SSSR count). The van der Waals surface area contributed by atoms with Crippen LogP contribution in [0.4, 0.5) is 5.69 Å². The van der Waals surface area contributed by atoms with E-state index in [1.54, 1.807) is 18.4 Å². The van der Waals surface area contributed by atoms with E-state index in [9.17, 15) is 0 Å². The molecular weight excluding hydrogens is 350 g/mol. The molecule has 1 aromatic carbocycles. The number of halogens is 1. The Morgan fingerprint density at radius 2 is 2.29 bits per heavy atom. The Morgan fingerprint density at radius 3 is 3.00 bits per heavy atom. The monoisotopic (exact) mass is 369 g/mol. The van der Waals surface area contributed by atoms with E-state index in [0.717, 1.165) is 36.4 Å². The number of thiazole rings is 1. The van der Waals surface area contributed by atoms with Gasteiger partial charge in [-0.1, -0.05) is 15.9 Å². The van der Waals surface area contributed by atoms with Crippen LogP contribution < -0.4 is 10.2 Å². The second-order valence-corrected chi connectivity index (χ2v) is 6.41. The zero-order valence-corrected chi connectivity index (χ0v) is 14.7. The molecular formula is C15H20BrN3OS. The molecule has 0 atom stereocenters. The minimum Gasteiger partial charge on any atom is -0.383 e. The van der Waals surface area contributed by atoms with Gasteiger partial charge in [-0.2, -0.15) is 0 Å². The van der Waals surface area contributed by atoms with Crippen LogP contribution in [-0.4, -0.2) is 32.3 Å². The predicted octanol–water partition coefficient (Wildman–Crippen LogP) is 3.28. The van der Waals surface area contributed by atoms with E-state index in [1.807, 2.05) is 5.51 Å². The third-order valence-electron chi connectivity index (χ3n) is 3.13. The lowest BCUT2D eigenvalue weighted by Gasteiger charge is -2.22. The zero-order valence-electron chi connectivity index (χ0n) is 12.3. The summed E-state index contributed by atoms with van der Waals surface area (Å²) >= 11 is 5.18. The van der Waals surface area contributed by atoms with E-state index in [1.165, 1.54) is 11.3 Å². The maximum atomic E-state index is 5.06. The fraction of sp³-hybridized carbons (Fsp3) is 0.400. The molecule has 2 aromatic rings. The number of benzene rings is 1. The van der Waals surface area contributed by atoms with Gasteiger partial charge in [-0.05, 0) is 23.8 Å². The van der Waals surface area contributed by atoms with Gasteiger partial charge >= 0.3 is 0 Å². The van der Waals surface area contributed by atoms with E-state index in [0.29, 0.717) is 0 Å². The third kappa shape index (κ3) is 5.07. The van der Waals surface area contributed by atoms with Gasteiger partial charge in [-0.15, -0.1) is 11.3 Å². The Kier molecular flexibility index (Phi) is 6.63. The van der Waals surface area contributed by atoms with Crippen LogP contribution in [0, 0.1) is 0 Å². The lowest BCUT2D eigenvalue weighted by atomic mass is 10.1. The molecule has 0 bridgehead atoms. The molecule has 1 N–H and O–H groups in total. The molecule has 1 heterocycles. The van der Waals surface area contributed by atoms with Gasteiger partial charge in [-0.3, -0.25) is 0 Å². The van der Waals surface area contributed by atoms with E-state index >= 15 is 0 Å². The molecule has 21 heavy (non-hydrogen) atoms. The molecule has 0 aliphatic carbocycles. The molecule has 0 amide bonds. The van der Waals surface area contributed by atoms with Crippen molar-refractivity contribution in [3.63, 3.8) is 0 Å². The van der Waals surface area contributed by atoms with Crippen molar-refractivity contribution in [1.82, 2.24) is 10.3 Å². The summed E-state index contributed by atoms with van der Waals surface area (Å²) in [5, 5.41) is 5.49. The Morgan fingerprint density at radius 1 is 1.43 bits per heavy atom. The smallest absolute Gasteiger partial charge is 0.0795 e. The highest BCUT2D eigenvalue weighted by atomic mass is 79.9. The first-order chi connectivity index (χ1) is 10.2. The maximum absolute atomic E-state index is 5.06. The number of aromatic nitrogens is 1. The van der Waals surface area contributed by atoms with Gasteiger partial charge in [0.05, 0.1) is 24.4 Å². The van der Waals surface area contributed by atoms with Gasteiger partial charge in [0.15, 0.2) is 0 Å². The summed E-state index contributed by atoms with van der Waals surface area (Å²) in [5.74, 6) is 0. The fourth-order valence-electron chi connectivity index (χ4n) is 2.11. The highest BCUT2D eigenvalue weighted by molar-refractivity contribution is 9.10. The first-order valence-corrected chi connectivity index (χ1v) is 8.50. The highest BCUT2D eigenvalue weighted by Gasteiger charge is 2.09. The summed E-state index contributed by atoms with van der Waals surface area (Å²) in [6, 6.07) is 6.38. The quantitative estimate of drug-likeness (QED) is 0.724. The van der Waals surface area contributed by atoms with E-state index in [4.69, 9.17) is 4.74 Å². The minimum atomic E-state index is 0.720. The van der Waals surface area contributed by atoms with Gasteiger partial charge in [-0.25, -0.2) is 4.98 Å². The van der Waals surface area contributed by atoms with Crippen LogP contribution >= 0.6 is 27.3 Å². The topological polar surface area (TPSA) is 37.4 Å². The maximum Gasteiger partial charge on any atom is 0.0795 e. The first-order valence-electron chi connectivity index (χ1n) is 6.77. The molecule has 0 saturated carbocycles. The second kappa shape index (κ2) is 8.48. The standard InChI is InChI=1S/C15H20BrN3OS/c1-19(9-14-10-21-11-18-14)15-4-3-13(16)7-12(15)8-17-5-6-20-2/h3-4,7,10-11,17H,5-6,8-9H2,1-2H3. The molecule has 1 aromatic heterocycles. The molecule has 4 nitrogen and oxygen atoms in total. The van der Waals surface area contributed by atoms with E-state index < -0.39 is 0 Å². The van der Waals surface area contributed by atoms with E-state index in [-0.39, 0.29) is 0 Å². The van der Waals surface area contributed by atoms with Crippen LogP contribution in [0.3, 0.4) is 0 Å². The van der Waals surface area contributed by atoms with Crippen LogP contribution in [0.25, 0.3) is 0 Å². The van der Waals surface area contributed by atoms with Crippen molar-refractivity contribution in [1.29, 1.82) is 0 Å².